The van der Waals surface area contributed by atoms with Gasteiger partial charge in [-0.1, -0.05) is 39.0 Å². The molecule has 1 aliphatic heterocycles. The molecular weight excluding hydrogens is 270 g/mol. The molecule has 0 atom stereocenters. The number of hydrogen-bond acceptors (Lipinski definition) is 3. The van der Waals surface area contributed by atoms with Crippen molar-refractivity contribution in [2.24, 2.45) is 0 Å². The second-order valence-corrected chi connectivity index (χ2v) is 5.98. The molecule has 0 saturated carbocycles. The Morgan fingerprint density at radius 1 is 1.29 bits per heavy atom. The Morgan fingerprint density at radius 2 is 1.95 bits per heavy atom. The van der Waals surface area contributed by atoms with E-state index in [0.29, 0.717) is 5.69 Å². The fourth-order valence-electron chi connectivity index (χ4n) is 2.19. The van der Waals surface area contributed by atoms with E-state index < -0.39 is 11.9 Å². The number of nitrogens with one attached hydrogen (secondary N) is 2. The SMILES string of the molecule is CC(C)(C)c1ccccc1NC(=O)CN1C(=O)CNC1=O. The number of urea groups is 1. The van der Waals surface area contributed by atoms with Gasteiger partial charge in [-0.2, -0.15) is 0 Å². The highest BCUT2D eigenvalue weighted by atomic mass is 16.2. The molecule has 2 N–H and O–H groups in total. The third kappa shape index (κ3) is 3.39. The van der Waals surface area contributed by atoms with Gasteiger partial charge in [0.25, 0.3) is 5.91 Å². The van der Waals surface area contributed by atoms with Gasteiger partial charge in [-0.15, -0.1) is 0 Å². The van der Waals surface area contributed by atoms with E-state index in [1.165, 1.54) is 0 Å². The molecule has 1 fully saturated rings. The van der Waals surface area contributed by atoms with Crippen molar-refractivity contribution in [2.45, 2.75) is 26.2 Å². The molecule has 112 valence electrons. The lowest BCUT2D eigenvalue weighted by Crippen LogP contribution is -2.38. The molecule has 6 nitrogen and oxygen atoms in total. The molecule has 0 spiro atoms. The van der Waals surface area contributed by atoms with E-state index in [4.69, 9.17) is 0 Å². The van der Waals surface area contributed by atoms with Crippen LogP contribution in [-0.4, -0.2) is 35.8 Å². The molecule has 6 heteroatoms. The van der Waals surface area contributed by atoms with Crippen LogP contribution >= 0.6 is 0 Å². The second-order valence-electron chi connectivity index (χ2n) is 5.98. The predicted molar refractivity (Wildman–Crippen MR) is 78.9 cm³/mol. The smallest absolute Gasteiger partial charge is 0.325 e. The monoisotopic (exact) mass is 289 g/mol. The van der Waals surface area contributed by atoms with Gasteiger partial charge in [0.05, 0.1) is 6.54 Å². The van der Waals surface area contributed by atoms with Gasteiger partial charge in [-0.3, -0.25) is 14.5 Å². The first-order valence-electron chi connectivity index (χ1n) is 6.76. The summed E-state index contributed by atoms with van der Waals surface area (Å²) in [5.41, 5.74) is 1.57. The van der Waals surface area contributed by atoms with Crippen molar-refractivity contribution in [1.82, 2.24) is 10.2 Å². The zero-order valence-electron chi connectivity index (χ0n) is 12.4. The first kappa shape index (κ1) is 15.0. The summed E-state index contributed by atoms with van der Waals surface area (Å²) in [4.78, 5) is 35.8. The summed E-state index contributed by atoms with van der Waals surface area (Å²) in [6.45, 7) is 5.83. The van der Waals surface area contributed by atoms with Crippen molar-refractivity contribution in [3.63, 3.8) is 0 Å². The zero-order chi connectivity index (χ0) is 15.6. The zero-order valence-corrected chi connectivity index (χ0v) is 12.4. The number of carbonyl (C=O) groups excluding carboxylic acids is 3. The lowest BCUT2D eigenvalue weighted by molar-refractivity contribution is -0.128. The molecule has 2 rings (SSSR count). The van der Waals surface area contributed by atoms with Crippen molar-refractivity contribution >= 4 is 23.5 Å². The lowest BCUT2D eigenvalue weighted by atomic mass is 9.86. The number of anilines is 1. The Kier molecular flexibility index (Phi) is 3.97. The van der Waals surface area contributed by atoms with Crippen LogP contribution in [0.1, 0.15) is 26.3 Å². The Morgan fingerprint density at radius 3 is 2.52 bits per heavy atom. The molecule has 1 saturated heterocycles. The number of hydrogen-bond donors (Lipinski definition) is 2. The molecule has 0 aliphatic carbocycles. The average molecular weight is 289 g/mol. The summed E-state index contributed by atoms with van der Waals surface area (Å²) in [5.74, 6) is -0.781. The van der Waals surface area contributed by atoms with E-state index in [1.807, 2.05) is 24.3 Å². The maximum Gasteiger partial charge on any atom is 0.325 e. The third-order valence-corrected chi connectivity index (χ3v) is 3.25. The highest BCUT2D eigenvalue weighted by molar-refractivity contribution is 6.06. The number of imide groups is 1. The van der Waals surface area contributed by atoms with Gasteiger partial charge in [0.15, 0.2) is 0 Å². The van der Waals surface area contributed by atoms with E-state index in [0.717, 1.165) is 10.5 Å². The average Bonchev–Trinajstić information content (AvgIpc) is 2.70. The largest absolute Gasteiger partial charge is 0.329 e. The Bertz CT molecular complexity index is 574. The van der Waals surface area contributed by atoms with Crippen LogP contribution in [0.3, 0.4) is 0 Å². The molecule has 1 aromatic rings. The topological polar surface area (TPSA) is 78.5 Å². The quantitative estimate of drug-likeness (QED) is 0.827. The third-order valence-electron chi connectivity index (χ3n) is 3.25. The Balaban J connectivity index is 2.10. The minimum atomic E-state index is -0.528. The maximum absolute atomic E-state index is 12.1. The Hall–Kier alpha value is -2.37. The van der Waals surface area contributed by atoms with Crippen LogP contribution in [0, 0.1) is 0 Å². The first-order valence-corrected chi connectivity index (χ1v) is 6.76. The van der Waals surface area contributed by atoms with Crippen LogP contribution in [0.25, 0.3) is 0 Å². The van der Waals surface area contributed by atoms with Gasteiger partial charge < -0.3 is 10.6 Å². The number of benzene rings is 1. The summed E-state index contributed by atoms with van der Waals surface area (Å²) in [6, 6.07) is 6.97. The van der Waals surface area contributed by atoms with Gasteiger partial charge in [-0.05, 0) is 17.0 Å². The van der Waals surface area contributed by atoms with E-state index >= 15 is 0 Å². The molecule has 0 aromatic heterocycles. The molecule has 4 amide bonds. The summed E-state index contributed by atoms with van der Waals surface area (Å²) >= 11 is 0. The molecule has 0 bridgehead atoms. The van der Waals surface area contributed by atoms with Crippen LogP contribution in [0.2, 0.25) is 0 Å². The summed E-state index contributed by atoms with van der Waals surface area (Å²) in [5, 5.41) is 5.15. The number of amides is 4. The minimum Gasteiger partial charge on any atom is -0.329 e. The van der Waals surface area contributed by atoms with Crippen LogP contribution in [-0.2, 0) is 15.0 Å². The molecule has 0 unspecified atom stereocenters. The van der Waals surface area contributed by atoms with E-state index in [1.54, 1.807) is 0 Å². The van der Waals surface area contributed by atoms with Crippen molar-refractivity contribution in [1.29, 1.82) is 0 Å². The minimum absolute atomic E-state index is 0.0509. The highest BCUT2D eigenvalue weighted by Crippen LogP contribution is 2.29. The van der Waals surface area contributed by atoms with Gasteiger partial charge in [0, 0.05) is 5.69 Å². The lowest BCUT2D eigenvalue weighted by Gasteiger charge is -2.23. The van der Waals surface area contributed by atoms with E-state index in [-0.39, 0.29) is 24.4 Å². The maximum atomic E-state index is 12.1. The van der Waals surface area contributed by atoms with Crippen molar-refractivity contribution in [3.05, 3.63) is 29.8 Å². The molecule has 0 radical (unpaired) electrons. The van der Waals surface area contributed by atoms with Gasteiger partial charge in [-0.25, -0.2) is 4.79 Å². The highest BCUT2D eigenvalue weighted by Gasteiger charge is 2.30. The van der Waals surface area contributed by atoms with Gasteiger partial charge in [0.2, 0.25) is 5.91 Å². The summed E-state index contributed by atoms with van der Waals surface area (Å²) in [6.07, 6.45) is 0. The molecular formula is C15H19N3O3. The first-order chi connectivity index (χ1) is 9.79. The van der Waals surface area contributed by atoms with Crippen molar-refractivity contribution < 1.29 is 14.4 Å². The van der Waals surface area contributed by atoms with E-state index in [2.05, 4.69) is 31.4 Å². The van der Waals surface area contributed by atoms with Crippen LogP contribution in [0.5, 0.6) is 0 Å². The van der Waals surface area contributed by atoms with Crippen molar-refractivity contribution in [2.75, 3.05) is 18.4 Å². The molecule has 1 heterocycles. The van der Waals surface area contributed by atoms with E-state index in [9.17, 15) is 14.4 Å². The predicted octanol–water partition coefficient (Wildman–Crippen LogP) is 1.47. The summed E-state index contributed by atoms with van der Waals surface area (Å²) in [7, 11) is 0. The second kappa shape index (κ2) is 5.55. The Labute approximate surface area is 123 Å². The molecule has 1 aromatic carbocycles. The summed E-state index contributed by atoms with van der Waals surface area (Å²) < 4.78 is 0. The standard InChI is InChI=1S/C15H19N3O3/c1-15(2,3)10-6-4-5-7-11(10)17-12(19)9-18-13(20)8-16-14(18)21/h4-7H,8-9H2,1-3H3,(H,16,21)(H,17,19). The van der Waals surface area contributed by atoms with Crippen molar-refractivity contribution in [3.8, 4) is 0 Å². The normalized spacial score (nSPS) is 15.1. The number of para-hydroxylation sites is 1. The van der Waals surface area contributed by atoms with Crippen LogP contribution in [0.4, 0.5) is 10.5 Å². The molecule has 1 aliphatic rings. The number of nitrogens with zero attached hydrogens (tertiary/aromatic N) is 1. The van der Waals surface area contributed by atoms with Gasteiger partial charge >= 0.3 is 6.03 Å². The van der Waals surface area contributed by atoms with Crippen LogP contribution < -0.4 is 10.6 Å². The van der Waals surface area contributed by atoms with Gasteiger partial charge in [0.1, 0.15) is 6.54 Å². The molecule has 21 heavy (non-hydrogen) atoms. The fraction of sp³-hybridized carbons (Fsp3) is 0.400. The number of carbonyl (C=O) groups is 3. The van der Waals surface area contributed by atoms with Crippen LogP contribution in [0.15, 0.2) is 24.3 Å². The number of rotatable bonds is 3. The fourth-order valence-corrected chi connectivity index (χ4v) is 2.19.